The van der Waals surface area contributed by atoms with E-state index in [1.54, 1.807) is 6.26 Å². The highest BCUT2D eigenvalue weighted by atomic mass is 32.2. The maximum Gasteiger partial charge on any atom is 0.369 e. The van der Waals surface area contributed by atoms with E-state index in [4.69, 9.17) is 0 Å². The lowest BCUT2D eigenvalue weighted by molar-refractivity contribution is -0.120. The number of nitrogens with zero attached hydrogens (tertiary/aromatic N) is 2. The second-order valence-corrected chi connectivity index (χ2v) is 5.02. The van der Waals surface area contributed by atoms with Crippen LogP contribution in [-0.2, 0) is 4.79 Å². The quantitative estimate of drug-likeness (QED) is 0.595. The fraction of sp³-hybridized carbons (Fsp3) is 0.636. The van der Waals surface area contributed by atoms with Gasteiger partial charge >= 0.3 is 6.03 Å². The summed E-state index contributed by atoms with van der Waals surface area (Å²) in [6, 6.07) is -0.634. The largest absolute Gasteiger partial charge is 0.510 e. The maximum atomic E-state index is 12.0. The van der Waals surface area contributed by atoms with Crippen molar-refractivity contribution in [1.82, 2.24) is 4.72 Å². The lowest BCUT2D eigenvalue weighted by atomic mass is 9.80. The molecule has 0 aromatic heterocycles. The molecule has 18 heavy (non-hydrogen) atoms. The zero-order valence-electron chi connectivity index (χ0n) is 10.0. The molecule has 0 aromatic rings. The van der Waals surface area contributed by atoms with Gasteiger partial charge < -0.3 is 5.11 Å². The third kappa shape index (κ3) is 2.40. The smallest absolute Gasteiger partial charge is 0.369 e. The topological polar surface area (TPSA) is 91.1 Å². The first-order valence-electron chi connectivity index (χ1n) is 5.87. The molecule has 2 amide bonds. The van der Waals surface area contributed by atoms with Crippen LogP contribution < -0.4 is 4.72 Å². The highest BCUT2D eigenvalue weighted by Crippen LogP contribution is 2.42. The molecule has 6 nitrogen and oxygen atoms in total. The SMILES string of the molecule is CSNC(=O)N=NC1=C(O)C2CCCCC2C1=O. The van der Waals surface area contributed by atoms with E-state index in [9.17, 15) is 14.7 Å². The molecule has 2 atom stereocenters. The minimum Gasteiger partial charge on any atom is -0.510 e. The van der Waals surface area contributed by atoms with Crippen LogP contribution in [-0.4, -0.2) is 23.2 Å². The van der Waals surface area contributed by atoms with Gasteiger partial charge in [-0.25, -0.2) is 4.79 Å². The van der Waals surface area contributed by atoms with E-state index in [2.05, 4.69) is 15.0 Å². The van der Waals surface area contributed by atoms with Crippen LogP contribution in [0.5, 0.6) is 0 Å². The fourth-order valence-corrected chi connectivity index (χ4v) is 2.77. The summed E-state index contributed by atoms with van der Waals surface area (Å²) in [6.45, 7) is 0. The first kappa shape index (κ1) is 13.1. The summed E-state index contributed by atoms with van der Waals surface area (Å²) in [5.74, 6) is -0.469. The Bertz CT molecular complexity index is 433. The Morgan fingerprint density at radius 3 is 2.67 bits per heavy atom. The number of carbonyl (C=O) groups is 2. The monoisotopic (exact) mass is 269 g/mol. The number of amides is 2. The summed E-state index contributed by atoms with van der Waals surface area (Å²) >= 11 is 1.10. The number of carbonyl (C=O) groups excluding carboxylic acids is 2. The van der Waals surface area contributed by atoms with Crippen LogP contribution in [0.3, 0.4) is 0 Å². The fourth-order valence-electron chi connectivity index (χ4n) is 2.55. The molecular formula is C11H15N3O3S. The Hall–Kier alpha value is -1.37. The third-order valence-electron chi connectivity index (χ3n) is 3.36. The molecular weight excluding hydrogens is 254 g/mol. The summed E-state index contributed by atoms with van der Waals surface area (Å²) in [6.07, 6.45) is 5.27. The van der Waals surface area contributed by atoms with E-state index in [-0.39, 0.29) is 29.1 Å². The van der Waals surface area contributed by atoms with Crippen molar-refractivity contribution in [3.63, 3.8) is 0 Å². The van der Waals surface area contributed by atoms with E-state index >= 15 is 0 Å². The Morgan fingerprint density at radius 1 is 1.39 bits per heavy atom. The number of aliphatic hydroxyl groups is 1. The molecule has 1 saturated carbocycles. The van der Waals surface area contributed by atoms with Crippen molar-refractivity contribution in [2.24, 2.45) is 22.1 Å². The summed E-state index contributed by atoms with van der Waals surface area (Å²) in [4.78, 5) is 23.1. The van der Waals surface area contributed by atoms with Gasteiger partial charge in [0, 0.05) is 18.1 Å². The average Bonchev–Trinajstić information content (AvgIpc) is 2.61. The number of urea groups is 1. The van der Waals surface area contributed by atoms with Crippen molar-refractivity contribution < 1.29 is 14.7 Å². The van der Waals surface area contributed by atoms with Crippen molar-refractivity contribution in [1.29, 1.82) is 0 Å². The molecule has 98 valence electrons. The van der Waals surface area contributed by atoms with E-state index in [1.807, 2.05) is 0 Å². The molecule has 1 fully saturated rings. The second kappa shape index (κ2) is 5.51. The van der Waals surface area contributed by atoms with Crippen LogP contribution in [0.1, 0.15) is 25.7 Å². The molecule has 0 aliphatic heterocycles. The number of Topliss-reactive ketones (excluding diaryl/α,β-unsaturated/α-hetero) is 1. The number of rotatable bonds is 2. The van der Waals surface area contributed by atoms with E-state index in [0.29, 0.717) is 0 Å². The molecule has 2 rings (SSSR count). The van der Waals surface area contributed by atoms with E-state index in [0.717, 1.165) is 37.6 Å². The zero-order chi connectivity index (χ0) is 13.1. The van der Waals surface area contributed by atoms with E-state index in [1.165, 1.54) is 0 Å². The van der Waals surface area contributed by atoms with Crippen LogP contribution in [0.15, 0.2) is 21.7 Å². The lowest BCUT2D eigenvalue weighted by Crippen LogP contribution is -2.21. The summed E-state index contributed by atoms with van der Waals surface area (Å²) in [5, 5.41) is 16.9. The van der Waals surface area contributed by atoms with Crippen molar-refractivity contribution in [2.75, 3.05) is 6.26 Å². The Kier molecular flexibility index (Phi) is 4.00. The molecule has 0 saturated heterocycles. The lowest BCUT2D eigenvalue weighted by Gasteiger charge is -2.23. The molecule has 2 aliphatic carbocycles. The first-order chi connectivity index (χ1) is 8.65. The van der Waals surface area contributed by atoms with Crippen LogP contribution in [0.2, 0.25) is 0 Å². The van der Waals surface area contributed by atoms with Gasteiger partial charge in [-0.2, -0.15) is 0 Å². The minimum atomic E-state index is -0.634. The number of aliphatic hydroxyl groups excluding tert-OH is 1. The van der Waals surface area contributed by atoms with Crippen LogP contribution in [0.4, 0.5) is 4.79 Å². The zero-order valence-corrected chi connectivity index (χ0v) is 10.9. The number of ketones is 1. The second-order valence-electron chi connectivity index (χ2n) is 4.41. The van der Waals surface area contributed by atoms with Gasteiger partial charge in [0.25, 0.3) is 0 Å². The first-order valence-corrected chi connectivity index (χ1v) is 7.09. The van der Waals surface area contributed by atoms with Crippen LogP contribution in [0, 0.1) is 11.8 Å². The molecule has 2 unspecified atom stereocenters. The van der Waals surface area contributed by atoms with Gasteiger partial charge in [0.15, 0.2) is 11.5 Å². The van der Waals surface area contributed by atoms with Crippen molar-refractivity contribution in [3.05, 3.63) is 11.5 Å². The molecule has 0 radical (unpaired) electrons. The standard InChI is InChI=1S/C11H15N3O3S/c1-18-14-11(17)13-12-8-9(15)6-4-2-3-5-7(6)10(8)16/h6-7,15H,2-5H2,1H3,(H,14,17). The van der Waals surface area contributed by atoms with Crippen LogP contribution >= 0.6 is 11.9 Å². The normalized spacial score (nSPS) is 27.7. The molecule has 0 bridgehead atoms. The minimum absolute atomic E-state index is 0.00500. The van der Waals surface area contributed by atoms with Gasteiger partial charge in [0.2, 0.25) is 0 Å². The predicted molar refractivity (Wildman–Crippen MR) is 67.0 cm³/mol. The maximum absolute atomic E-state index is 12.0. The van der Waals surface area contributed by atoms with Crippen molar-refractivity contribution >= 4 is 23.8 Å². The predicted octanol–water partition coefficient (Wildman–Crippen LogP) is 2.58. The summed E-state index contributed by atoms with van der Waals surface area (Å²) in [5.41, 5.74) is -0.0387. The van der Waals surface area contributed by atoms with Crippen LogP contribution in [0.25, 0.3) is 0 Å². The summed E-state index contributed by atoms with van der Waals surface area (Å²) in [7, 11) is 0. The summed E-state index contributed by atoms with van der Waals surface area (Å²) < 4.78 is 2.36. The average molecular weight is 269 g/mol. The number of nitrogens with one attached hydrogen (secondary N) is 1. The molecule has 2 aliphatic rings. The van der Waals surface area contributed by atoms with Crippen molar-refractivity contribution in [2.45, 2.75) is 25.7 Å². The number of azo groups is 1. The van der Waals surface area contributed by atoms with Gasteiger partial charge in [-0.1, -0.05) is 29.9 Å². The van der Waals surface area contributed by atoms with Gasteiger partial charge in [-0.15, -0.1) is 5.11 Å². The number of hydrogen-bond acceptors (Lipinski definition) is 5. The van der Waals surface area contributed by atoms with E-state index < -0.39 is 6.03 Å². The Balaban J connectivity index is 2.14. The number of allylic oxidation sites excluding steroid dienone is 2. The highest BCUT2D eigenvalue weighted by molar-refractivity contribution is 7.97. The molecule has 7 heteroatoms. The molecule has 0 heterocycles. The molecule has 0 spiro atoms. The molecule has 0 aromatic carbocycles. The van der Waals surface area contributed by atoms with Gasteiger partial charge in [-0.3, -0.25) is 9.52 Å². The van der Waals surface area contributed by atoms with Gasteiger partial charge in [-0.05, 0) is 12.8 Å². The Morgan fingerprint density at radius 2 is 2.06 bits per heavy atom. The number of hydrogen-bond donors (Lipinski definition) is 2. The highest BCUT2D eigenvalue weighted by Gasteiger charge is 2.43. The van der Waals surface area contributed by atoms with Gasteiger partial charge in [0.05, 0.1) is 0 Å². The Labute approximate surface area is 109 Å². The number of fused-ring (bicyclic) bond motifs is 1. The van der Waals surface area contributed by atoms with Crippen molar-refractivity contribution in [3.8, 4) is 0 Å². The third-order valence-corrected chi connectivity index (χ3v) is 3.74. The van der Waals surface area contributed by atoms with Gasteiger partial charge in [0.1, 0.15) is 5.76 Å². The molecule has 2 N–H and O–H groups in total.